The molecule has 0 radical (unpaired) electrons. The van der Waals surface area contributed by atoms with E-state index in [1.165, 1.54) is 7.11 Å². The summed E-state index contributed by atoms with van der Waals surface area (Å²) >= 11 is 0. The lowest BCUT2D eigenvalue weighted by Gasteiger charge is -2.23. The van der Waals surface area contributed by atoms with Crippen molar-refractivity contribution in [3.8, 4) is 5.75 Å². The highest BCUT2D eigenvalue weighted by Gasteiger charge is 2.51. The van der Waals surface area contributed by atoms with Crippen molar-refractivity contribution in [2.24, 2.45) is 23.7 Å². The lowest BCUT2D eigenvalue weighted by molar-refractivity contribution is -0.148. The largest absolute Gasteiger partial charge is 0.497 e. The highest BCUT2D eigenvalue weighted by atomic mass is 16.5. The zero-order valence-electron chi connectivity index (χ0n) is 13.1. The number of benzene rings is 1. The number of methoxy groups -OCH3 is 1. The summed E-state index contributed by atoms with van der Waals surface area (Å²) in [4.78, 5) is 35.8. The first kappa shape index (κ1) is 16.0. The van der Waals surface area contributed by atoms with Gasteiger partial charge >= 0.3 is 5.97 Å². The van der Waals surface area contributed by atoms with Crippen LogP contribution >= 0.6 is 0 Å². The van der Waals surface area contributed by atoms with Gasteiger partial charge in [-0.2, -0.15) is 0 Å². The molecule has 3 rings (SSSR count). The van der Waals surface area contributed by atoms with Crippen molar-refractivity contribution in [2.45, 2.75) is 6.42 Å². The molecule has 1 fully saturated rings. The van der Waals surface area contributed by atoms with Gasteiger partial charge in [0.2, 0.25) is 5.91 Å². The topological polar surface area (TPSA) is 105 Å². The number of carbonyl (C=O) groups is 3. The molecule has 1 aromatic carbocycles. The molecular formula is C17H18N2O5. The Labute approximate surface area is 138 Å². The van der Waals surface area contributed by atoms with E-state index in [9.17, 15) is 19.5 Å². The molecule has 2 aliphatic carbocycles. The Morgan fingerprint density at radius 2 is 1.67 bits per heavy atom. The van der Waals surface area contributed by atoms with Crippen molar-refractivity contribution >= 4 is 17.8 Å². The Morgan fingerprint density at radius 1 is 1.04 bits per heavy atom. The number of aliphatic carboxylic acids is 1. The lowest BCUT2D eigenvalue weighted by Crippen LogP contribution is -2.48. The fourth-order valence-corrected chi connectivity index (χ4v) is 3.53. The van der Waals surface area contributed by atoms with E-state index in [1.54, 1.807) is 24.3 Å². The summed E-state index contributed by atoms with van der Waals surface area (Å²) in [5.74, 6) is -2.90. The molecule has 0 unspecified atom stereocenters. The standard InChI is InChI=1S/C17H18N2O5/c1-24-12-6-4-9(5-7-12)15(20)18-19-16(21)13-10-2-3-11(8-10)14(13)17(22)23/h2-7,10-11,13-14H,8H2,1H3,(H,18,20)(H,19,21)(H,22,23)/t10-,11-,13+,14+/m0/s1. The van der Waals surface area contributed by atoms with E-state index in [0.29, 0.717) is 17.7 Å². The van der Waals surface area contributed by atoms with E-state index in [1.807, 2.05) is 12.2 Å². The summed E-state index contributed by atoms with van der Waals surface area (Å²) in [5, 5.41) is 9.35. The molecule has 0 saturated heterocycles. The van der Waals surface area contributed by atoms with Gasteiger partial charge < -0.3 is 9.84 Å². The number of fused-ring (bicyclic) bond motifs is 2. The summed E-state index contributed by atoms with van der Waals surface area (Å²) in [6, 6.07) is 6.41. The number of hydrazine groups is 1. The zero-order valence-corrected chi connectivity index (χ0v) is 13.1. The smallest absolute Gasteiger partial charge is 0.307 e. The molecule has 0 spiro atoms. The van der Waals surface area contributed by atoms with Gasteiger partial charge in [0, 0.05) is 5.56 Å². The first-order valence-corrected chi connectivity index (χ1v) is 7.66. The van der Waals surface area contributed by atoms with Gasteiger partial charge in [0.15, 0.2) is 0 Å². The minimum Gasteiger partial charge on any atom is -0.497 e. The first-order chi connectivity index (χ1) is 11.5. The van der Waals surface area contributed by atoms with Crippen LogP contribution in [0.2, 0.25) is 0 Å². The Balaban J connectivity index is 1.61. The Morgan fingerprint density at radius 3 is 2.25 bits per heavy atom. The van der Waals surface area contributed by atoms with Gasteiger partial charge in [-0.15, -0.1) is 0 Å². The zero-order chi connectivity index (χ0) is 17.3. The van der Waals surface area contributed by atoms with Crippen molar-refractivity contribution in [2.75, 3.05) is 7.11 Å². The third kappa shape index (κ3) is 2.84. The Kier molecular flexibility index (Phi) is 4.24. The van der Waals surface area contributed by atoms with Crippen LogP contribution in [0.15, 0.2) is 36.4 Å². The van der Waals surface area contributed by atoms with Gasteiger partial charge in [0.05, 0.1) is 18.9 Å². The van der Waals surface area contributed by atoms with Crippen LogP contribution < -0.4 is 15.6 Å². The van der Waals surface area contributed by atoms with Crippen LogP contribution in [0.3, 0.4) is 0 Å². The van der Waals surface area contributed by atoms with Gasteiger partial charge in [-0.1, -0.05) is 12.2 Å². The molecule has 2 aliphatic rings. The predicted molar refractivity (Wildman–Crippen MR) is 84.0 cm³/mol. The van der Waals surface area contributed by atoms with Gasteiger partial charge in [-0.05, 0) is 42.5 Å². The fraction of sp³-hybridized carbons (Fsp3) is 0.353. The summed E-state index contributed by atoms with van der Waals surface area (Å²) < 4.78 is 5.01. The van der Waals surface area contributed by atoms with E-state index in [2.05, 4.69) is 10.9 Å². The van der Waals surface area contributed by atoms with Crippen molar-refractivity contribution in [1.82, 2.24) is 10.9 Å². The Bertz CT molecular complexity index is 697. The van der Waals surface area contributed by atoms with Gasteiger partial charge in [-0.3, -0.25) is 25.2 Å². The molecule has 24 heavy (non-hydrogen) atoms. The Hall–Kier alpha value is -2.83. The summed E-state index contributed by atoms with van der Waals surface area (Å²) in [5.41, 5.74) is 5.05. The van der Waals surface area contributed by atoms with E-state index in [0.717, 1.165) is 0 Å². The van der Waals surface area contributed by atoms with E-state index in [4.69, 9.17) is 4.74 Å². The minimum atomic E-state index is -0.978. The number of carbonyl (C=O) groups excluding carboxylic acids is 2. The minimum absolute atomic E-state index is 0.0889. The number of carboxylic acids is 1. The molecular weight excluding hydrogens is 312 g/mol. The highest BCUT2D eigenvalue weighted by molar-refractivity contribution is 5.96. The van der Waals surface area contributed by atoms with Gasteiger partial charge in [-0.25, -0.2) is 0 Å². The average Bonchev–Trinajstić information content (AvgIpc) is 3.20. The summed E-state index contributed by atoms with van der Waals surface area (Å²) in [6.45, 7) is 0. The number of nitrogens with one attached hydrogen (secondary N) is 2. The van der Waals surface area contributed by atoms with Crippen LogP contribution in [0.4, 0.5) is 0 Å². The van der Waals surface area contributed by atoms with Crippen LogP contribution in [0.25, 0.3) is 0 Å². The van der Waals surface area contributed by atoms with E-state index >= 15 is 0 Å². The maximum absolute atomic E-state index is 12.3. The van der Waals surface area contributed by atoms with Gasteiger partial charge in [0.25, 0.3) is 5.91 Å². The van der Waals surface area contributed by atoms with Gasteiger partial charge in [0.1, 0.15) is 5.75 Å². The first-order valence-electron chi connectivity index (χ1n) is 7.66. The SMILES string of the molecule is COc1ccc(C(=O)NNC(=O)[C@H]2[C@H](C(=O)O)[C@H]3C=C[C@H]2C3)cc1. The fourth-order valence-electron chi connectivity index (χ4n) is 3.53. The van der Waals surface area contributed by atoms with Crippen molar-refractivity contribution in [3.05, 3.63) is 42.0 Å². The van der Waals surface area contributed by atoms with Crippen molar-refractivity contribution < 1.29 is 24.2 Å². The number of carboxylic acid groups (broad SMARTS) is 1. The monoisotopic (exact) mass is 330 g/mol. The van der Waals surface area contributed by atoms with E-state index in [-0.39, 0.29) is 11.8 Å². The molecule has 7 heteroatoms. The second kappa shape index (κ2) is 6.35. The molecule has 0 heterocycles. The summed E-state index contributed by atoms with van der Waals surface area (Å²) in [7, 11) is 1.53. The van der Waals surface area contributed by atoms with Crippen LogP contribution in [0, 0.1) is 23.7 Å². The number of ether oxygens (including phenoxy) is 1. The van der Waals surface area contributed by atoms with Crippen LogP contribution in [-0.2, 0) is 9.59 Å². The van der Waals surface area contributed by atoms with Crippen LogP contribution in [0.1, 0.15) is 16.8 Å². The molecule has 0 aromatic heterocycles. The molecule has 1 aromatic rings. The second-order valence-electron chi connectivity index (χ2n) is 6.01. The third-order valence-electron chi connectivity index (χ3n) is 4.70. The maximum atomic E-state index is 12.3. The molecule has 2 amide bonds. The maximum Gasteiger partial charge on any atom is 0.307 e. The lowest BCUT2D eigenvalue weighted by atomic mass is 9.82. The molecule has 0 aliphatic heterocycles. The summed E-state index contributed by atoms with van der Waals surface area (Å²) in [6.07, 6.45) is 4.42. The van der Waals surface area contributed by atoms with Crippen LogP contribution in [0.5, 0.6) is 5.75 Å². The number of amides is 2. The van der Waals surface area contributed by atoms with E-state index < -0.39 is 29.6 Å². The quantitative estimate of drug-likeness (QED) is 0.564. The number of hydrogen-bond acceptors (Lipinski definition) is 4. The van der Waals surface area contributed by atoms with Crippen LogP contribution in [-0.4, -0.2) is 30.0 Å². The van der Waals surface area contributed by atoms with Crippen molar-refractivity contribution in [1.29, 1.82) is 0 Å². The highest BCUT2D eigenvalue weighted by Crippen LogP contribution is 2.48. The molecule has 3 N–H and O–H groups in total. The predicted octanol–water partition coefficient (Wildman–Crippen LogP) is 0.979. The molecule has 7 nitrogen and oxygen atoms in total. The number of hydrogen-bond donors (Lipinski definition) is 3. The van der Waals surface area contributed by atoms with Crippen molar-refractivity contribution in [3.63, 3.8) is 0 Å². The molecule has 2 bridgehead atoms. The third-order valence-corrected chi connectivity index (χ3v) is 4.70. The molecule has 4 atom stereocenters. The number of allylic oxidation sites excluding steroid dienone is 2. The average molecular weight is 330 g/mol. The normalized spacial score (nSPS) is 26.9. The molecule has 126 valence electrons. The molecule has 1 saturated carbocycles. The number of rotatable bonds is 4. The second-order valence-corrected chi connectivity index (χ2v) is 6.01.